The molecular formula is C57H79N14O10P. The highest BCUT2D eigenvalue weighted by Crippen LogP contribution is 2.36. The number of anilines is 4. The van der Waals surface area contributed by atoms with Gasteiger partial charge < -0.3 is 50.9 Å². The summed E-state index contributed by atoms with van der Waals surface area (Å²) >= 11 is 0. The number of aryl methyl sites for hydroxylation is 4. The van der Waals surface area contributed by atoms with Crippen LogP contribution in [0.4, 0.5) is 27.8 Å². The lowest BCUT2D eigenvalue weighted by atomic mass is 9.97. The molecule has 24 nitrogen and oxygen atoms in total. The third kappa shape index (κ3) is 15.3. The molecule has 3 atom stereocenters. The molecule has 442 valence electrons. The van der Waals surface area contributed by atoms with Crippen molar-refractivity contribution in [1.29, 1.82) is 0 Å². The van der Waals surface area contributed by atoms with Gasteiger partial charge in [0.15, 0.2) is 11.3 Å². The fourth-order valence-corrected chi connectivity index (χ4v) is 10.4. The molecule has 2 aromatic carbocycles. The molecule has 0 aliphatic carbocycles. The Morgan fingerprint density at radius 3 is 1.52 bits per heavy atom. The number of fused-ring (bicyclic) bond motifs is 2. The lowest BCUT2D eigenvalue weighted by Crippen LogP contribution is -2.60. The maximum Gasteiger partial charge on any atom is 0.521 e. The first-order chi connectivity index (χ1) is 39.4. The number of carbonyl (C=O) groups excluding carboxylic acids is 5. The second kappa shape index (κ2) is 27.0. The van der Waals surface area contributed by atoms with E-state index in [4.69, 9.17) is 46.7 Å². The van der Waals surface area contributed by atoms with Crippen molar-refractivity contribution < 1.29 is 50.9 Å². The van der Waals surface area contributed by atoms with Gasteiger partial charge in [0, 0.05) is 102 Å². The first-order valence-corrected chi connectivity index (χ1v) is 28.6. The zero-order valence-electron chi connectivity index (χ0n) is 49.4. The van der Waals surface area contributed by atoms with E-state index < -0.39 is 19.9 Å². The van der Waals surface area contributed by atoms with E-state index in [0.29, 0.717) is 61.2 Å². The Morgan fingerprint density at radius 2 is 1.15 bits per heavy atom. The Morgan fingerprint density at radius 1 is 0.732 bits per heavy atom. The molecule has 6 N–H and O–H groups in total. The minimum atomic E-state index is -3.04. The van der Waals surface area contributed by atoms with Crippen LogP contribution in [0, 0.1) is 27.7 Å². The number of ether oxygens (including phenoxy) is 1. The molecule has 10 rings (SSSR count). The normalized spacial score (nSPS) is 17.6. The fourth-order valence-electron chi connectivity index (χ4n) is 10.4. The molecule has 5 amide bonds. The number of piperidine rings is 2. The second-order valence-corrected chi connectivity index (χ2v) is 22.5. The SMILES string of the molecule is CC(=O)Nc1ccc(C)cc1C(=O)N1CCCC[C@H]1c1cc2nc(N3CC(N)C3)c(C)cn2n1.CC(=O)Nc1ccc(C)cc1C(=O)N1CCCC[C@H]1c1cc2nc(N3CC(NC(=O)OC(C)(C)C)C3)c(C)cn2n1.O=[P+]([O-])OO.[2H]CC.[HH]. The number of nitrogens with two attached hydrogens (primary N) is 1. The number of nitrogens with one attached hydrogen (secondary N) is 3. The summed E-state index contributed by atoms with van der Waals surface area (Å²) in [4.78, 5) is 90.0. The molecule has 4 aliphatic rings. The fraction of sp³-hybridized carbons (Fsp3) is 0.491. The van der Waals surface area contributed by atoms with Crippen molar-refractivity contribution in [3.05, 3.63) is 106 Å². The number of aromatic nitrogens is 6. The quantitative estimate of drug-likeness (QED) is 0.0493. The van der Waals surface area contributed by atoms with Crippen molar-refractivity contribution in [1.82, 2.24) is 44.3 Å². The summed E-state index contributed by atoms with van der Waals surface area (Å²) in [5.74, 6) is 1.17. The van der Waals surface area contributed by atoms with Crippen LogP contribution < -0.4 is 36.4 Å². The number of hydrogen-bond acceptors (Lipinski definition) is 17. The van der Waals surface area contributed by atoms with Crippen molar-refractivity contribution in [2.45, 2.75) is 144 Å². The van der Waals surface area contributed by atoms with E-state index in [1.807, 2.05) is 107 Å². The minimum Gasteiger partial charge on any atom is -0.565 e. The maximum atomic E-state index is 13.9. The number of carbonyl (C=O) groups is 5. The van der Waals surface area contributed by atoms with Gasteiger partial charge in [-0.05, 0) is 116 Å². The second-order valence-electron chi connectivity index (χ2n) is 21.9. The van der Waals surface area contributed by atoms with Crippen molar-refractivity contribution >= 4 is 72.3 Å². The van der Waals surface area contributed by atoms with E-state index in [0.717, 1.165) is 103 Å². The smallest absolute Gasteiger partial charge is 0.521 e. The van der Waals surface area contributed by atoms with Crippen LogP contribution in [-0.4, -0.2) is 131 Å². The molecule has 0 saturated carbocycles. The number of benzene rings is 2. The van der Waals surface area contributed by atoms with Gasteiger partial charge in [0.2, 0.25) is 11.8 Å². The van der Waals surface area contributed by atoms with Gasteiger partial charge in [0.25, 0.3) is 11.8 Å². The van der Waals surface area contributed by atoms with E-state index in [1.54, 1.807) is 28.1 Å². The average molecular weight is 1150 g/mol. The monoisotopic (exact) mass is 1150 g/mol. The number of nitrogens with zero attached hydrogens (tertiary/aromatic N) is 10. The molecule has 0 spiro atoms. The van der Waals surface area contributed by atoms with Crippen LogP contribution in [0.2, 0.25) is 0 Å². The maximum absolute atomic E-state index is 13.9. The largest absolute Gasteiger partial charge is 0.565 e. The highest BCUT2D eigenvalue weighted by molar-refractivity contribution is 7.30. The summed E-state index contributed by atoms with van der Waals surface area (Å²) in [7, 11) is -3.04. The van der Waals surface area contributed by atoms with Gasteiger partial charge in [-0.2, -0.15) is 10.2 Å². The van der Waals surface area contributed by atoms with Crippen LogP contribution in [0.1, 0.15) is 156 Å². The Hall–Kier alpha value is -7.63. The third-order valence-corrected chi connectivity index (χ3v) is 14.2. The molecule has 82 heavy (non-hydrogen) atoms. The van der Waals surface area contributed by atoms with Crippen LogP contribution in [0.3, 0.4) is 0 Å². The van der Waals surface area contributed by atoms with E-state index in [1.165, 1.54) is 13.8 Å². The van der Waals surface area contributed by atoms with E-state index in [2.05, 4.69) is 30.4 Å². The zero-order valence-corrected chi connectivity index (χ0v) is 49.3. The average Bonchev–Trinajstić information content (AvgIpc) is 2.19. The molecule has 0 bridgehead atoms. The zero-order chi connectivity index (χ0) is 60.4. The van der Waals surface area contributed by atoms with Crippen molar-refractivity contribution in [2.24, 2.45) is 5.73 Å². The van der Waals surface area contributed by atoms with Crippen molar-refractivity contribution in [3.8, 4) is 0 Å². The molecule has 25 heteroatoms. The van der Waals surface area contributed by atoms with Crippen LogP contribution in [0.15, 0.2) is 60.9 Å². The topological polar surface area (TPSA) is 300 Å². The molecule has 4 fully saturated rings. The Labute approximate surface area is 481 Å². The van der Waals surface area contributed by atoms with Crippen LogP contribution in [0.25, 0.3) is 11.3 Å². The van der Waals surface area contributed by atoms with Gasteiger partial charge in [-0.15, -0.1) is 0 Å². The van der Waals surface area contributed by atoms with Crippen LogP contribution in [0.5, 0.6) is 0 Å². The number of rotatable bonds is 10. The van der Waals surface area contributed by atoms with Crippen molar-refractivity contribution in [3.63, 3.8) is 0 Å². The van der Waals surface area contributed by atoms with Gasteiger partial charge in [-0.1, -0.05) is 37.1 Å². The lowest BCUT2D eigenvalue weighted by molar-refractivity contribution is -0.244. The van der Waals surface area contributed by atoms with Crippen LogP contribution in [-0.2, 0) is 23.6 Å². The van der Waals surface area contributed by atoms with E-state index in [9.17, 15) is 24.0 Å². The van der Waals surface area contributed by atoms with Gasteiger partial charge in [-0.25, -0.2) is 29.1 Å². The Bertz CT molecular complexity index is 3340. The number of likely N-dealkylation sites (tertiary alicyclic amines) is 2. The molecule has 4 aromatic heterocycles. The number of amides is 5. The minimum absolute atomic E-state index is 0. The number of hydrogen-bond donors (Lipinski definition) is 5. The predicted molar refractivity (Wildman–Crippen MR) is 312 cm³/mol. The molecular weight excluding hydrogens is 1070 g/mol. The van der Waals surface area contributed by atoms with Gasteiger partial charge >= 0.3 is 14.3 Å². The molecule has 6 aromatic rings. The van der Waals surface area contributed by atoms with Gasteiger partial charge in [0.1, 0.15) is 17.2 Å². The third-order valence-electron chi connectivity index (χ3n) is 14.1. The van der Waals surface area contributed by atoms with Gasteiger partial charge in [0.05, 0.1) is 52.0 Å². The summed E-state index contributed by atoms with van der Waals surface area (Å²) in [6.07, 6.45) is 9.04. The van der Waals surface area contributed by atoms with Crippen molar-refractivity contribution in [2.75, 3.05) is 59.7 Å². The summed E-state index contributed by atoms with van der Waals surface area (Å²) < 4.78 is 26.8. The summed E-state index contributed by atoms with van der Waals surface area (Å²) in [6.45, 7) is 22.8. The molecule has 0 radical (unpaired) electrons. The summed E-state index contributed by atoms with van der Waals surface area (Å²) in [6, 6.07) is 14.8. The Balaban J connectivity index is 0.000000239. The highest BCUT2D eigenvalue weighted by Gasteiger charge is 2.36. The summed E-state index contributed by atoms with van der Waals surface area (Å²) in [5, 5.41) is 25.2. The van der Waals surface area contributed by atoms with E-state index in [-0.39, 0.29) is 49.2 Å². The van der Waals surface area contributed by atoms with Crippen LogP contribution >= 0.6 is 8.25 Å². The highest BCUT2D eigenvalue weighted by atomic mass is 31.1. The molecule has 4 saturated heterocycles. The van der Waals surface area contributed by atoms with E-state index >= 15 is 0 Å². The standard InChI is InChI=1S/C30H39N7O4.C25H31N7O2.C2H6.HO4P.H2/c1-18-10-11-23(31-20(3)38)22(13-18)28(39)36-12-8-7-9-25(36)24-14-26-33-27(19(2)15-37(26)34-24)35-16-21(17-35)32-29(40)41-30(4,5)6;1-15-7-8-20(27-17(3)33)19(10-15)25(34)31-9-5-4-6-22(31)21-11-23-28-24(30-13-18(26)14-30)16(2)12-32(23)29-21;1-2;1-4-5(2)3;/h10-11,13-15,21,25H,7-9,12,16-17H2,1-6H3,(H,31,38)(H,32,40);7-8,10-12,18,22H,4-6,9,13-14,26H2,1-3H3,(H,27,33);1-2H3;1H;1H/t25-;22-;;;/m00.../s1/i;;1D;;. The lowest BCUT2D eigenvalue weighted by Gasteiger charge is -2.41. The molecule has 4 aliphatic heterocycles. The molecule has 8 heterocycles. The molecule has 1 unspecified atom stereocenters. The Kier molecular flexibility index (Phi) is 19.9. The first-order valence-electron chi connectivity index (χ1n) is 28.2. The van der Waals surface area contributed by atoms with Gasteiger partial charge in [-0.3, -0.25) is 19.2 Å². The summed E-state index contributed by atoms with van der Waals surface area (Å²) in [5.41, 5.74) is 14.5. The predicted octanol–water partition coefficient (Wildman–Crippen LogP) is 7.97. The number of alkyl carbamates (subject to hydrolysis) is 1. The first kappa shape index (κ1) is 60.5.